The Bertz CT molecular complexity index is 509. The second-order valence-electron chi connectivity index (χ2n) is 6.75. The van der Waals surface area contributed by atoms with Gasteiger partial charge in [0.05, 0.1) is 19.8 Å². The van der Waals surface area contributed by atoms with E-state index in [0.717, 1.165) is 45.4 Å². The maximum absolute atomic E-state index is 5.49. The molecule has 0 aliphatic carbocycles. The first-order valence-electron chi connectivity index (χ1n) is 8.90. The van der Waals surface area contributed by atoms with Crippen LogP contribution in [0.1, 0.15) is 30.0 Å². The average Bonchev–Trinajstić information content (AvgIpc) is 2.99. The zero-order valence-corrected chi connectivity index (χ0v) is 16.3. The third kappa shape index (κ3) is 6.42. The Morgan fingerprint density at radius 2 is 2.04 bits per heavy atom. The highest BCUT2D eigenvalue weighted by Crippen LogP contribution is 2.15. The molecule has 0 radical (unpaired) electrons. The summed E-state index contributed by atoms with van der Waals surface area (Å²) in [5.74, 6) is 1.56. The van der Waals surface area contributed by atoms with Gasteiger partial charge >= 0.3 is 0 Å². The minimum absolute atomic E-state index is 0.524. The van der Waals surface area contributed by atoms with E-state index in [-0.39, 0.29) is 0 Å². The van der Waals surface area contributed by atoms with Crippen molar-refractivity contribution in [1.82, 2.24) is 15.5 Å². The van der Waals surface area contributed by atoms with Crippen LogP contribution in [0.4, 0.5) is 0 Å². The molecule has 1 saturated heterocycles. The third-order valence-electron chi connectivity index (χ3n) is 4.26. The van der Waals surface area contributed by atoms with E-state index in [1.54, 1.807) is 0 Å². The van der Waals surface area contributed by atoms with Gasteiger partial charge in [0.25, 0.3) is 0 Å². The van der Waals surface area contributed by atoms with E-state index < -0.39 is 0 Å². The molecule has 2 N–H and O–H groups in total. The van der Waals surface area contributed by atoms with Crippen molar-refractivity contribution in [2.75, 3.05) is 39.9 Å². The van der Waals surface area contributed by atoms with Gasteiger partial charge in [0.2, 0.25) is 0 Å². The summed E-state index contributed by atoms with van der Waals surface area (Å²) < 4.78 is 5.49. The first-order valence-corrected chi connectivity index (χ1v) is 9.71. The summed E-state index contributed by atoms with van der Waals surface area (Å²) in [4.78, 5) is 9.59. The molecular weight excluding hydrogens is 320 g/mol. The molecular formula is C18H32N4OS. The Morgan fingerprint density at radius 1 is 1.29 bits per heavy atom. The number of hydrogen-bond acceptors (Lipinski definition) is 4. The molecule has 2 rings (SSSR count). The molecule has 0 aromatic carbocycles. The Balaban J connectivity index is 1.83. The number of hydrogen-bond donors (Lipinski definition) is 2. The highest BCUT2D eigenvalue weighted by Gasteiger charge is 2.22. The van der Waals surface area contributed by atoms with Crippen molar-refractivity contribution >= 4 is 17.3 Å². The van der Waals surface area contributed by atoms with Gasteiger partial charge in [-0.3, -0.25) is 9.89 Å². The summed E-state index contributed by atoms with van der Waals surface area (Å²) in [5.41, 5.74) is 0. The number of guanidine groups is 1. The number of nitrogens with zero attached hydrogens (tertiary/aromatic N) is 2. The van der Waals surface area contributed by atoms with Crippen LogP contribution >= 0.6 is 11.3 Å². The minimum atomic E-state index is 0.524. The van der Waals surface area contributed by atoms with Crippen molar-refractivity contribution in [2.24, 2.45) is 10.9 Å². The molecule has 1 aromatic heterocycles. The van der Waals surface area contributed by atoms with Crippen LogP contribution in [0.5, 0.6) is 0 Å². The van der Waals surface area contributed by atoms with Crippen LogP contribution < -0.4 is 10.6 Å². The summed E-state index contributed by atoms with van der Waals surface area (Å²) in [7, 11) is 1.83. The normalized spacial score (nSPS) is 18.0. The molecule has 5 nitrogen and oxygen atoms in total. The van der Waals surface area contributed by atoms with Crippen LogP contribution in [0, 0.1) is 12.8 Å². The van der Waals surface area contributed by atoms with Crippen molar-refractivity contribution in [1.29, 1.82) is 0 Å². The molecule has 1 aliphatic rings. The SMILES string of the molecule is CN=C(NCc1ccc(C)s1)NCC(CC(C)C)N1CCOCC1. The molecule has 0 bridgehead atoms. The van der Waals surface area contributed by atoms with Gasteiger partial charge in [-0.2, -0.15) is 0 Å². The number of aliphatic imine (C=N–C) groups is 1. The van der Waals surface area contributed by atoms with Crippen molar-refractivity contribution in [3.63, 3.8) is 0 Å². The van der Waals surface area contributed by atoms with Crippen molar-refractivity contribution in [2.45, 2.75) is 39.8 Å². The molecule has 24 heavy (non-hydrogen) atoms. The molecule has 1 aromatic rings. The Hall–Kier alpha value is -1.11. The number of thiophene rings is 1. The number of morpholine rings is 1. The monoisotopic (exact) mass is 352 g/mol. The highest BCUT2D eigenvalue weighted by molar-refractivity contribution is 7.11. The second-order valence-corrected chi connectivity index (χ2v) is 8.12. The van der Waals surface area contributed by atoms with Crippen LogP contribution in [-0.4, -0.2) is 56.8 Å². The first-order chi connectivity index (χ1) is 11.6. The second kappa shape index (κ2) is 10.0. The zero-order chi connectivity index (χ0) is 17.4. The predicted molar refractivity (Wildman–Crippen MR) is 103 cm³/mol. The van der Waals surface area contributed by atoms with E-state index in [9.17, 15) is 0 Å². The maximum Gasteiger partial charge on any atom is 0.191 e. The van der Waals surface area contributed by atoms with Gasteiger partial charge in [-0.05, 0) is 31.4 Å². The lowest BCUT2D eigenvalue weighted by atomic mass is 10.0. The van der Waals surface area contributed by atoms with Gasteiger partial charge in [-0.15, -0.1) is 11.3 Å². The van der Waals surface area contributed by atoms with Gasteiger partial charge in [0.1, 0.15) is 0 Å². The summed E-state index contributed by atoms with van der Waals surface area (Å²) in [6.45, 7) is 12.2. The predicted octanol–water partition coefficient (Wildman–Crippen LogP) is 2.47. The summed E-state index contributed by atoms with van der Waals surface area (Å²) in [6.07, 6.45) is 1.19. The van der Waals surface area contributed by atoms with Gasteiger partial charge in [-0.1, -0.05) is 13.8 Å². The minimum Gasteiger partial charge on any atom is -0.379 e. The molecule has 0 saturated carbocycles. The van der Waals surface area contributed by atoms with E-state index in [1.807, 2.05) is 18.4 Å². The number of rotatable bonds is 7. The summed E-state index contributed by atoms with van der Waals surface area (Å²) in [6, 6.07) is 4.86. The Labute approximate surface area is 150 Å². The van der Waals surface area contributed by atoms with E-state index in [1.165, 1.54) is 16.2 Å². The van der Waals surface area contributed by atoms with Crippen molar-refractivity contribution in [3.05, 3.63) is 21.9 Å². The fourth-order valence-corrected chi connectivity index (χ4v) is 3.86. The quantitative estimate of drug-likeness (QED) is 0.585. The van der Waals surface area contributed by atoms with Crippen LogP contribution in [0.25, 0.3) is 0 Å². The molecule has 2 heterocycles. The lowest BCUT2D eigenvalue weighted by Gasteiger charge is -2.35. The maximum atomic E-state index is 5.49. The lowest BCUT2D eigenvalue weighted by Crippen LogP contribution is -2.50. The first kappa shape index (κ1) is 19.2. The van der Waals surface area contributed by atoms with E-state index in [0.29, 0.717) is 12.0 Å². The molecule has 0 spiro atoms. The summed E-state index contributed by atoms with van der Waals surface area (Å²) in [5, 5.41) is 6.93. The van der Waals surface area contributed by atoms with Crippen molar-refractivity contribution in [3.8, 4) is 0 Å². The van der Waals surface area contributed by atoms with Gasteiger partial charge in [-0.25, -0.2) is 0 Å². The largest absolute Gasteiger partial charge is 0.379 e. The topological polar surface area (TPSA) is 48.9 Å². The summed E-state index contributed by atoms with van der Waals surface area (Å²) >= 11 is 1.83. The highest BCUT2D eigenvalue weighted by atomic mass is 32.1. The third-order valence-corrected chi connectivity index (χ3v) is 5.26. The molecule has 1 unspecified atom stereocenters. The molecule has 6 heteroatoms. The average molecular weight is 353 g/mol. The molecule has 1 atom stereocenters. The van der Waals surface area contributed by atoms with E-state index in [4.69, 9.17) is 4.74 Å². The van der Waals surface area contributed by atoms with Crippen LogP contribution in [0.15, 0.2) is 17.1 Å². The Morgan fingerprint density at radius 3 is 2.62 bits per heavy atom. The van der Waals surface area contributed by atoms with Crippen LogP contribution in [-0.2, 0) is 11.3 Å². The Kier molecular flexibility index (Phi) is 8.02. The number of nitrogens with one attached hydrogen (secondary N) is 2. The molecule has 1 aliphatic heterocycles. The van der Waals surface area contributed by atoms with Gasteiger partial charge in [0.15, 0.2) is 5.96 Å². The van der Waals surface area contributed by atoms with Gasteiger partial charge < -0.3 is 15.4 Å². The van der Waals surface area contributed by atoms with E-state index in [2.05, 4.69) is 53.4 Å². The molecule has 136 valence electrons. The van der Waals surface area contributed by atoms with Crippen molar-refractivity contribution < 1.29 is 4.74 Å². The zero-order valence-electron chi connectivity index (χ0n) is 15.5. The molecule has 0 amide bonds. The standard InChI is InChI=1S/C18H32N4OS/c1-14(2)11-16(22-7-9-23-10-8-22)12-20-18(19-4)21-13-17-6-5-15(3)24-17/h5-6,14,16H,7-13H2,1-4H3,(H2,19,20,21). The van der Waals surface area contributed by atoms with Crippen LogP contribution in [0.2, 0.25) is 0 Å². The number of ether oxygens (including phenoxy) is 1. The van der Waals surface area contributed by atoms with E-state index >= 15 is 0 Å². The number of aryl methyl sites for hydroxylation is 1. The lowest BCUT2D eigenvalue weighted by molar-refractivity contribution is 0.0132. The fourth-order valence-electron chi connectivity index (χ4n) is 3.03. The fraction of sp³-hybridized carbons (Fsp3) is 0.722. The van der Waals surface area contributed by atoms with Gasteiger partial charge in [0, 0.05) is 42.5 Å². The molecule has 1 fully saturated rings. The smallest absolute Gasteiger partial charge is 0.191 e. The van der Waals surface area contributed by atoms with Crippen LogP contribution in [0.3, 0.4) is 0 Å².